The average molecular weight is 327 g/mol. The first-order valence-corrected chi connectivity index (χ1v) is 8.17. The van der Waals surface area contributed by atoms with Crippen LogP contribution in [0.25, 0.3) is 0 Å². The lowest BCUT2D eigenvalue weighted by Crippen LogP contribution is -3.00. The maximum Gasteiger partial charge on any atom is 0.203 e. The van der Waals surface area contributed by atoms with Crippen LogP contribution in [0.5, 0.6) is 17.2 Å². The van der Waals surface area contributed by atoms with E-state index >= 15 is 0 Å². The standard InChI is InChI=1S/C17H25NO3.ClH/c1-2-9-18(10-3-1)11-4-5-12-19-15-7-6-8-16-17(15)21-14-13-20-16;/h6-8H,1-5,9-14H2;1H/p-1. The molecule has 124 valence electrons. The number of benzene rings is 1. The van der Waals surface area contributed by atoms with E-state index in [-0.39, 0.29) is 12.4 Å². The number of rotatable bonds is 6. The number of likely N-dealkylation sites (tertiary alicyclic amines) is 1. The van der Waals surface area contributed by atoms with Gasteiger partial charge >= 0.3 is 0 Å². The molecule has 4 nitrogen and oxygen atoms in total. The minimum absolute atomic E-state index is 0. The Kier molecular flexibility index (Phi) is 7.13. The number of unbranched alkanes of at least 4 members (excludes halogenated alkanes) is 1. The van der Waals surface area contributed by atoms with Crippen LogP contribution in [0.3, 0.4) is 0 Å². The molecule has 1 saturated heterocycles. The lowest BCUT2D eigenvalue weighted by Gasteiger charge is -2.26. The molecule has 3 rings (SSSR count). The van der Waals surface area contributed by atoms with Crippen LogP contribution in [-0.2, 0) is 0 Å². The van der Waals surface area contributed by atoms with Gasteiger partial charge in [-0.25, -0.2) is 0 Å². The van der Waals surface area contributed by atoms with Crippen LogP contribution < -0.4 is 26.6 Å². The van der Waals surface area contributed by atoms with E-state index in [0.717, 1.165) is 30.3 Å². The molecular formula is C17H25ClNO3-. The van der Waals surface area contributed by atoms with Crippen LogP contribution in [0, 0.1) is 0 Å². The molecule has 2 aliphatic rings. The first-order valence-electron chi connectivity index (χ1n) is 8.17. The predicted molar refractivity (Wildman–Crippen MR) is 82.5 cm³/mol. The minimum atomic E-state index is 0. The van der Waals surface area contributed by atoms with Gasteiger partial charge in [0.05, 0.1) is 6.61 Å². The van der Waals surface area contributed by atoms with Crippen LogP contribution in [-0.4, -0.2) is 44.4 Å². The monoisotopic (exact) mass is 326 g/mol. The Labute approximate surface area is 139 Å². The number of para-hydroxylation sites is 1. The van der Waals surface area contributed by atoms with E-state index in [2.05, 4.69) is 4.90 Å². The van der Waals surface area contributed by atoms with Gasteiger partial charge in [0, 0.05) is 0 Å². The van der Waals surface area contributed by atoms with Gasteiger partial charge in [-0.3, -0.25) is 0 Å². The highest BCUT2D eigenvalue weighted by Crippen LogP contribution is 2.38. The van der Waals surface area contributed by atoms with Crippen molar-refractivity contribution in [2.24, 2.45) is 0 Å². The second kappa shape index (κ2) is 9.11. The third kappa shape index (κ3) is 4.68. The Hall–Kier alpha value is -1.13. The molecule has 0 atom stereocenters. The minimum Gasteiger partial charge on any atom is -1.00 e. The van der Waals surface area contributed by atoms with Crippen LogP contribution in [0.1, 0.15) is 32.1 Å². The third-order valence-corrected chi connectivity index (χ3v) is 4.11. The summed E-state index contributed by atoms with van der Waals surface area (Å²) in [6.45, 7) is 5.72. The van der Waals surface area contributed by atoms with Gasteiger partial charge in [-0.2, -0.15) is 0 Å². The van der Waals surface area contributed by atoms with Crippen molar-refractivity contribution in [1.82, 2.24) is 4.90 Å². The number of fused-ring (bicyclic) bond motifs is 1. The molecule has 0 aliphatic carbocycles. The molecule has 1 fully saturated rings. The molecule has 2 aliphatic heterocycles. The fraction of sp³-hybridized carbons (Fsp3) is 0.647. The first-order chi connectivity index (χ1) is 10.4. The zero-order valence-corrected chi connectivity index (χ0v) is 13.8. The molecule has 5 heteroatoms. The van der Waals surface area contributed by atoms with Gasteiger partial charge in [0.15, 0.2) is 11.5 Å². The molecule has 22 heavy (non-hydrogen) atoms. The third-order valence-electron chi connectivity index (χ3n) is 4.11. The topological polar surface area (TPSA) is 30.9 Å². The van der Waals surface area contributed by atoms with Crippen molar-refractivity contribution < 1.29 is 26.6 Å². The highest BCUT2D eigenvalue weighted by molar-refractivity contribution is 5.51. The van der Waals surface area contributed by atoms with Gasteiger partial charge in [0.1, 0.15) is 13.2 Å². The summed E-state index contributed by atoms with van der Waals surface area (Å²) in [6.07, 6.45) is 6.42. The summed E-state index contributed by atoms with van der Waals surface area (Å²) >= 11 is 0. The van der Waals surface area contributed by atoms with Gasteiger partial charge in [-0.05, 0) is 57.5 Å². The molecule has 1 aromatic carbocycles. The quantitative estimate of drug-likeness (QED) is 0.694. The van der Waals surface area contributed by atoms with Crippen molar-refractivity contribution in [3.63, 3.8) is 0 Å². The van der Waals surface area contributed by atoms with Crippen molar-refractivity contribution in [1.29, 1.82) is 0 Å². The van der Waals surface area contributed by atoms with Crippen molar-refractivity contribution >= 4 is 0 Å². The van der Waals surface area contributed by atoms with Gasteiger partial charge in [-0.1, -0.05) is 12.5 Å². The molecule has 0 spiro atoms. The summed E-state index contributed by atoms with van der Waals surface area (Å²) in [5.74, 6) is 2.37. The number of hydrogen-bond donors (Lipinski definition) is 0. The Morgan fingerprint density at radius 3 is 2.68 bits per heavy atom. The number of hydrogen-bond acceptors (Lipinski definition) is 4. The molecule has 0 radical (unpaired) electrons. The number of nitrogens with zero attached hydrogens (tertiary/aromatic N) is 1. The molecular weight excluding hydrogens is 302 g/mol. The van der Waals surface area contributed by atoms with E-state index in [1.807, 2.05) is 18.2 Å². The molecule has 1 aromatic rings. The maximum atomic E-state index is 5.87. The normalized spacial score (nSPS) is 17.6. The molecule has 0 bridgehead atoms. The van der Waals surface area contributed by atoms with Crippen molar-refractivity contribution in [2.75, 3.05) is 39.5 Å². The number of piperidine rings is 1. The number of halogens is 1. The zero-order chi connectivity index (χ0) is 14.3. The Morgan fingerprint density at radius 2 is 1.82 bits per heavy atom. The Balaban J connectivity index is 0.00000176. The molecule has 0 N–H and O–H groups in total. The number of ether oxygens (including phenoxy) is 3. The van der Waals surface area contributed by atoms with E-state index in [4.69, 9.17) is 14.2 Å². The summed E-state index contributed by atoms with van der Waals surface area (Å²) in [5, 5.41) is 0. The zero-order valence-electron chi connectivity index (χ0n) is 13.1. The van der Waals surface area contributed by atoms with Gasteiger partial charge < -0.3 is 31.5 Å². The highest BCUT2D eigenvalue weighted by atomic mass is 35.5. The predicted octanol–water partition coefficient (Wildman–Crippen LogP) is 0.107. The van der Waals surface area contributed by atoms with Crippen molar-refractivity contribution in [3.8, 4) is 17.2 Å². The van der Waals surface area contributed by atoms with Crippen LogP contribution in [0.15, 0.2) is 18.2 Å². The fourth-order valence-corrected chi connectivity index (χ4v) is 2.96. The van der Waals surface area contributed by atoms with Gasteiger partial charge in [-0.15, -0.1) is 0 Å². The largest absolute Gasteiger partial charge is 1.00 e. The molecule has 2 heterocycles. The molecule has 0 aromatic heterocycles. The van der Waals surface area contributed by atoms with Crippen LogP contribution in [0.2, 0.25) is 0 Å². The van der Waals surface area contributed by atoms with E-state index in [9.17, 15) is 0 Å². The van der Waals surface area contributed by atoms with Gasteiger partial charge in [0.2, 0.25) is 5.75 Å². The summed E-state index contributed by atoms with van der Waals surface area (Å²) in [7, 11) is 0. The Bertz CT molecular complexity index is 450. The van der Waals surface area contributed by atoms with E-state index in [1.54, 1.807) is 0 Å². The maximum absolute atomic E-state index is 5.87. The van der Waals surface area contributed by atoms with E-state index in [1.165, 1.54) is 45.3 Å². The van der Waals surface area contributed by atoms with Crippen molar-refractivity contribution in [3.05, 3.63) is 18.2 Å². The highest BCUT2D eigenvalue weighted by Gasteiger charge is 2.16. The summed E-state index contributed by atoms with van der Waals surface area (Å²) < 4.78 is 17.1. The summed E-state index contributed by atoms with van der Waals surface area (Å²) in [5.41, 5.74) is 0. The summed E-state index contributed by atoms with van der Waals surface area (Å²) in [6, 6.07) is 5.84. The van der Waals surface area contributed by atoms with E-state index in [0.29, 0.717) is 13.2 Å². The van der Waals surface area contributed by atoms with Crippen LogP contribution >= 0.6 is 0 Å². The first kappa shape index (κ1) is 17.2. The smallest absolute Gasteiger partial charge is 0.203 e. The molecule has 0 unspecified atom stereocenters. The summed E-state index contributed by atoms with van der Waals surface area (Å²) in [4.78, 5) is 2.57. The Morgan fingerprint density at radius 1 is 1.00 bits per heavy atom. The second-order valence-corrected chi connectivity index (χ2v) is 5.74. The second-order valence-electron chi connectivity index (χ2n) is 5.74. The van der Waals surface area contributed by atoms with Crippen molar-refractivity contribution in [2.45, 2.75) is 32.1 Å². The van der Waals surface area contributed by atoms with Gasteiger partial charge in [0.25, 0.3) is 0 Å². The lowest BCUT2D eigenvalue weighted by atomic mass is 10.1. The van der Waals surface area contributed by atoms with Crippen LogP contribution in [0.4, 0.5) is 0 Å². The SMILES string of the molecule is [Cl-].c1cc(OCCCCN2CCCCC2)c2c(c1)OCCO2. The molecule has 0 saturated carbocycles. The molecule has 0 amide bonds. The van der Waals surface area contributed by atoms with E-state index < -0.39 is 0 Å². The average Bonchev–Trinajstić information content (AvgIpc) is 2.56. The fourth-order valence-electron chi connectivity index (χ4n) is 2.96. The lowest BCUT2D eigenvalue weighted by molar-refractivity contribution is -0.00000531.